The topological polar surface area (TPSA) is 134 Å². The van der Waals surface area contributed by atoms with Crippen molar-refractivity contribution >= 4 is 35.0 Å². The molecule has 6 N–H and O–H groups in total. The summed E-state index contributed by atoms with van der Waals surface area (Å²) in [5.74, 6) is 0.571. The van der Waals surface area contributed by atoms with Gasteiger partial charge in [0.05, 0.1) is 34.9 Å². The smallest absolute Gasteiger partial charge is 0.416 e. The van der Waals surface area contributed by atoms with Crippen LogP contribution in [-0.2, 0) is 6.18 Å². The number of anilines is 4. The number of urea groups is 1. The van der Waals surface area contributed by atoms with Gasteiger partial charge in [-0.2, -0.15) is 13.2 Å². The third kappa shape index (κ3) is 5.54. The largest absolute Gasteiger partial charge is 0.465 e. The molecule has 1 fully saturated rings. The van der Waals surface area contributed by atoms with E-state index in [1.165, 1.54) is 11.0 Å². The number of carbonyl (C=O) groups excluding carboxylic acids is 1. The van der Waals surface area contributed by atoms with E-state index in [9.17, 15) is 22.8 Å². The number of hydrogen-bond acceptors (Lipinski definition) is 7. The average molecular weight is 567 g/mol. The van der Waals surface area contributed by atoms with Crippen LogP contribution in [0.1, 0.15) is 12.0 Å². The summed E-state index contributed by atoms with van der Waals surface area (Å²) in [4.78, 5) is 30.5. The molecule has 0 saturated heterocycles. The van der Waals surface area contributed by atoms with Gasteiger partial charge in [0.2, 0.25) is 0 Å². The molecule has 0 spiro atoms. The van der Waals surface area contributed by atoms with Gasteiger partial charge in [0.25, 0.3) is 0 Å². The maximum Gasteiger partial charge on any atom is 0.416 e. The molecule has 1 saturated carbocycles. The molecule has 2 unspecified atom stereocenters. The number of carboxylic acid groups (broad SMARTS) is 1. The van der Waals surface area contributed by atoms with Gasteiger partial charge in [0, 0.05) is 30.0 Å². The number of carbonyl (C=O) groups is 2. The maximum absolute atomic E-state index is 13.5. The summed E-state index contributed by atoms with van der Waals surface area (Å²) in [5.41, 5.74) is 8.05. The number of pyridine rings is 1. The number of alkyl halides is 3. The predicted octanol–water partition coefficient (Wildman–Crippen LogP) is 4.56. The van der Waals surface area contributed by atoms with Crippen LogP contribution in [0.5, 0.6) is 0 Å². The SMILES string of the molecule is O=C(O)NCC1=CNNN1c1ccc(NC(=O)N2CC3CC3Nc3ccc(-c4cccc(C(F)(F)F)c4)nc32)cc1. The summed E-state index contributed by atoms with van der Waals surface area (Å²) in [6.07, 6.45) is -3.10. The maximum atomic E-state index is 13.5. The van der Waals surface area contributed by atoms with Crippen LogP contribution in [0.15, 0.2) is 72.6 Å². The van der Waals surface area contributed by atoms with Crippen molar-refractivity contribution in [2.45, 2.75) is 18.6 Å². The first-order valence-electron chi connectivity index (χ1n) is 12.8. The number of benzene rings is 2. The number of nitrogens with zero attached hydrogens (tertiary/aromatic N) is 3. The normalized spacial score (nSPS) is 19.1. The van der Waals surface area contributed by atoms with Crippen LogP contribution in [0.3, 0.4) is 0 Å². The van der Waals surface area contributed by atoms with E-state index in [2.05, 4.69) is 31.9 Å². The molecule has 6 rings (SSSR count). The van der Waals surface area contributed by atoms with Crippen LogP contribution in [-0.4, -0.2) is 41.3 Å². The van der Waals surface area contributed by atoms with Gasteiger partial charge < -0.3 is 26.5 Å². The van der Waals surface area contributed by atoms with Crippen molar-refractivity contribution in [1.29, 1.82) is 0 Å². The van der Waals surface area contributed by atoms with Gasteiger partial charge in [-0.3, -0.25) is 9.91 Å². The fourth-order valence-corrected chi connectivity index (χ4v) is 4.84. The molecule has 2 aliphatic heterocycles. The van der Waals surface area contributed by atoms with Crippen molar-refractivity contribution in [3.8, 4) is 11.3 Å². The third-order valence-corrected chi connectivity index (χ3v) is 7.04. The molecule has 14 heteroatoms. The number of nitrogens with one attached hydrogen (secondary N) is 5. The molecule has 3 aromatic rings. The van der Waals surface area contributed by atoms with Crippen LogP contribution in [0, 0.1) is 5.92 Å². The van der Waals surface area contributed by atoms with Gasteiger partial charge in [-0.05, 0) is 60.9 Å². The van der Waals surface area contributed by atoms with Gasteiger partial charge in [0.15, 0.2) is 5.82 Å². The van der Waals surface area contributed by atoms with Crippen LogP contribution >= 0.6 is 0 Å². The first-order valence-corrected chi connectivity index (χ1v) is 12.8. The van der Waals surface area contributed by atoms with Crippen molar-refractivity contribution in [2.75, 3.05) is 33.6 Å². The van der Waals surface area contributed by atoms with Gasteiger partial charge >= 0.3 is 18.3 Å². The molecule has 1 aliphatic carbocycles. The van der Waals surface area contributed by atoms with Crippen molar-refractivity contribution in [2.24, 2.45) is 5.92 Å². The second kappa shape index (κ2) is 10.2. The standard InChI is InChI=1S/C27H25F3N8O3/c28-27(29,30)17-3-1-2-15(10-17)21-8-9-22-24(35-21)37(14-16-11-23(16)34-22)25(39)33-18-4-6-19(7-5-18)38-20(13-32-36-38)12-31-26(40)41/h1-10,13,16,23,31-32,34,36H,11-12,14H2,(H,33,39)(H,40,41). The summed E-state index contributed by atoms with van der Waals surface area (Å²) in [5, 5.41) is 19.1. The number of rotatable bonds is 5. The highest BCUT2D eigenvalue weighted by atomic mass is 19.4. The fraction of sp³-hybridized carbons (Fsp3) is 0.222. The minimum Gasteiger partial charge on any atom is -0.465 e. The average Bonchev–Trinajstić information content (AvgIpc) is 3.54. The Balaban J connectivity index is 1.22. The first-order chi connectivity index (χ1) is 19.7. The van der Waals surface area contributed by atoms with Crippen LogP contribution in [0.25, 0.3) is 11.3 Å². The van der Waals surface area contributed by atoms with Crippen molar-refractivity contribution in [3.05, 3.63) is 78.1 Å². The van der Waals surface area contributed by atoms with E-state index in [1.54, 1.807) is 53.7 Å². The second-order valence-corrected chi connectivity index (χ2v) is 9.87. The summed E-state index contributed by atoms with van der Waals surface area (Å²) in [6.45, 7) is 0.482. The molecule has 0 radical (unpaired) electrons. The summed E-state index contributed by atoms with van der Waals surface area (Å²) in [7, 11) is 0. The molecule has 11 nitrogen and oxygen atoms in total. The first kappa shape index (κ1) is 26.3. The van der Waals surface area contributed by atoms with Gasteiger partial charge in [-0.25, -0.2) is 14.6 Å². The number of halogens is 3. The number of amides is 3. The lowest BCUT2D eigenvalue weighted by Gasteiger charge is -2.24. The Labute approximate surface area is 232 Å². The number of fused-ring (bicyclic) bond motifs is 2. The van der Waals surface area contributed by atoms with Crippen LogP contribution < -0.4 is 36.8 Å². The Morgan fingerprint density at radius 1 is 1.10 bits per heavy atom. The van der Waals surface area contributed by atoms with E-state index in [4.69, 9.17) is 5.11 Å². The van der Waals surface area contributed by atoms with Crippen molar-refractivity contribution in [3.63, 3.8) is 0 Å². The van der Waals surface area contributed by atoms with Gasteiger partial charge in [-0.1, -0.05) is 12.1 Å². The van der Waals surface area contributed by atoms with E-state index in [1.807, 2.05) is 0 Å². The Morgan fingerprint density at radius 2 is 1.90 bits per heavy atom. The third-order valence-electron chi connectivity index (χ3n) is 7.04. The summed E-state index contributed by atoms with van der Waals surface area (Å²) >= 11 is 0. The van der Waals surface area contributed by atoms with E-state index in [0.717, 1.165) is 18.6 Å². The number of hydrazine groups is 2. The molecule has 2 atom stereocenters. The highest BCUT2D eigenvalue weighted by molar-refractivity contribution is 6.03. The molecule has 41 heavy (non-hydrogen) atoms. The molecule has 212 valence electrons. The molecule has 0 bridgehead atoms. The lowest BCUT2D eigenvalue weighted by atomic mass is 10.1. The molecule has 2 aromatic carbocycles. The summed E-state index contributed by atoms with van der Waals surface area (Å²) < 4.78 is 39.9. The number of hydrogen-bond donors (Lipinski definition) is 6. The zero-order valence-electron chi connectivity index (χ0n) is 21.4. The highest BCUT2D eigenvalue weighted by Crippen LogP contribution is 2.42. The predicted molar refractivity (Wildman–Crippen MR) is 146 cm³/mol. The second-order valence-electron chi connectivity index (χ2n) is 9.87. The van der Waals surface area contributed by atoms with Crippen LogP contribution in [0.2, 0.25) is 0 Å². The zero-order chi connectivity index (χ0) is 28.7. The quantitative estimate of drug-likeness (QED) is 0.265. The van der Waals surface area contributed by atoms with E-state index in [-0.39, 0.29) is 18.5 Å². The Bertz CT molecular complexity index is 1530. The monoisotopic (exact) mass is 566 g/mol. The Morgan fingerprint density at radius 3 is 2.66 bits per heavy atom. The number of aromatic nitrogens is 1. The van der Waals surface area contributed by atoms with Crippen molar-refractivity contribution in [1.82, 2.24) is 21.3 Å². The highest BCUT2D eigenvalue weighted by Gasteiger charge is 2.43. The molecule has 3 heterocycles. The minimum atomic E-state index is -4.49. The van der Waals surface area contributed by atoms with Crippen LogP contribution in [0.4, 0.5) is 45.6 Å². The summed E-state index contributed by atoms with van der Waals surface area (Å²) in [6, 6.07) is 15.0. The van der Waals surface area contributed by atoms with E-state index < -0.39 is 23.9 Å². The zero-order valence-corrected chi connectivity index (χ0v) is 21.4. The molecular formula is C27H25F3N8O3. The molecule has 3 aliphatic rings. The minimum absolute atomic E-state index is 0.0773. The van der Waals surface area contributed by atoms with Gasteiger partial charge in [-0.15, -0.1) is 5.53 Å². The van der Waals surface area contributed by atoms with E-state index >= 15 is 0 Å². The lowest BCUT2D eigenvalue weighted by molar-refractivity contribution is -0.137. The molecular weight excluding hydrogens is 541 g/mol. The molecule has 3 amide bonds. The molecule has 1 aromatic heterocycles. The Kier molecular flexibility index (Phi) is 6.53. The van der Waals surface area contributed by atoms with E-state index in [0.29, 0.717) is 46.4 Å². The fourth-order valence-electron chi connectivity index (χ4n) is 4.84. The van der Waals surface area contributed by atoms with Crippen molar-refractivity contribution < 1.29 is 27.9 Å². The Hall–Kier alpha value is -4.98. The van der Waals surface area contributed by atoms with Gasteiger partial charge in [0.1, 0.15) is 0 Å². The lowest BCUT2D eigenvalue weighted by Crippen LogP contribution is -2.40.